The molecular formula is C21H32GeSi3. The van der Waals surface area contributed by atoms with Gasteiger partial charge in [-0.2, -0.15) is 0 Å². The Hall–Kier alpha value is -0.906. The van der Waals surface area contributed by atoms with Crippen molar-refractivity contribution in [2.45, 2.75) is 58.9 Å². The van der Waals surface area contributed by atoms with Crippen LogP contribution in [0.25, 0.3) is 0 Å². The molecule has 132 valence electrons. The van der Waals surface area contributed by atoms with Gasteiger partial charge >= 0.3 is 162 Å². The summed E-state index contributed by atoms with van der Waals surface area (Å²) in [6.07, 6.45) is 0. The molecule has 0 aliphatic carbocycles. The summed E-state index contributed by atoms with van der Waals surface area (Å²) >= 11 is -3.12. The van der Waals surface area contributed by atoms with Crippen LogP contribution in [-0.2, 0) is 0 Å². The number of hydrogen-bond acceptors (Lipinski definition) is 0. The Morgan fingerprint density at radius 1 is 0.560 bits per heavy atom. The summed E-state index contributed by atoms with van der Waals surface area (Å²) in [5.74, 6) is 0. The van der Waals surface area contributed by atoms with E-state index in [0.29, 0.717) is 0 Å². The average Bonchev–Trinajstić information content (AvgIpc) is 2.45. The molecule has 0 fully saturated rings. The van der Waals surface area contributed by atoms with Crippen molar-refractivity contribution in [3.63, 3.8) is 0 Å². The molecule has 1 aromatic carbocycles. The van der Waals surface area contributed by atoms with Crippen LogP contribution in [0.2, 0.25) is 58.9 Å². The second-order valence-corrected chi connectivity index (χ2v) is 29.8. The van der Waals surface area contributed by atoms with Gasteiger partial charge in [-0.3, -0.25) is 0 Å². The van der Waals surface area contributed by atoms with Gasteiger partial charge in [0.25, 0.3) is 0 Å². The van der Waals surface area contributed by atoms with Crippen molar-refractivity contribution >= 4 is 41.9 Å². The fourth-order valence-electron chi connectivity index (χ4n) is 1.84. The zero-order chi connectivity index (χ0) is 19.4. The first-order valence-corrected chi connectivity index (χ1v) is 23.6. The van der Waals surface area contributed by atoms with Crippen molar-refractivity contribution in [1.82, 2.24) is 0 Å². The Morgan fingerprint density at radius 2 is 0.880 bits per heavy atom. The predicted molar refractivity (Wildman–Crippen MR) is 125 cm³/mol. The molecule has 0 atom stereocenters. The molecule has 0 nitrogen and oxygen atoms in total. The Labute approximate surface area is 161 Å². The molecule has 0 aliphatic heterocycles. The zero-order valence-corrected chi connectivity index (χ0v) is 22.5. The number of benzene rings is 1. The maximum absolute atomic E-state index is 3.73. The van der Waals surface area contributed by atoms with Gasteiger partial charge in [0, 0.05) is 0 Å². The van der Waals surface area contributed by atoms with E-state index in [0.717, 1.165) is 0 Å². The van der Waals surface area contributed by atoms with Gasteiger partial charge in [0.05, 0.1) is 0 Å². The summed E-state index contributed by atoms with van der Waals surface area (Å²) in [6.45, 7) is 20.7. The predicted octanol–water partition coefficient (Wildman–Crippen LogP) is 4.60. The maximum atomic E-state index is 3.73. The van der Waals surface area contributed by atoms with Crippen LogP contribution in [0.4, 0.5) is 0 Å². The third kappa shape index (κ3) is 8.84. The molecule has 0 amide bonds. The molecule has 0 spiro atoms. The summed E-state index contributed by atoms with van der Waals surface area (Å²) < 4.78 is 12.5. The van der Waals surface area contributed by atoms with E-state index in [1.807, 2.05) is 0 Å². The molecular weight excluding hydrogens is 409 g/mol. The molecule has 1 aromatic rings. The molecule has 4 heteroatoms. The second-order valence-electron chi connectivity index (χ2n) is 9.62. The fraction of sp³-hybridized carbons (Fsp3) is 0.429. The van der Waals surface area contributed by atoms with Gasteiger partial charge in [0.2, 0.25) is 0 Å². The molecule has 0 saturated carbocycles. The van der Waals surface area contributed by atoms with Crippen LogP contribution >= 0.6 is 0 Å². The van der Waals surface area contributed by atoms with Crippen molar-refractivity contribution < 1.29 is 0 Å². The molecule has 0 N–H and O–H groups in total. The molecule has 0 saturated heterocycles. The molecule has 1 rings (SSSR count). The van der Waals surface area contributed by atoms with Gasteiger partial charge in [-0.05, 0) is 0 Å². The van der Waals surface area contributed by atoms with E-state index >= 15 is 0 Å². The number of hydrogen-bond donors (Lipinski definition) is 0. The normalized spacial score (nSPS) is 12.0. The molecule has 0 aliphatic rings. The van der Waals surface area contributed by atoms with Gasteiger partial charge in [-0.25, -0.2) is 0 Å². The number of rotatable bonds is 1. The van der Waals surface area contributed by atoms with Gasteiger partial charge in [-0.15, -0.1) is 0 Å². The van der Waals surface area contributed by atoms with E-state index in [4.69, 9.17) is 0 Å². The molecule has 25 heavy (non-hydrogen) atoms. The van der Waals surface area contributed by atoms with Crippen molar-refractivity contribution in [1.29, 1.82) is 0 Å². The van der Waals surface area contributed by atoms with Gasteiger partial charge in [0.1, 0.15) is 0 Å². The third-order valence-electron chi connectivity index (χ3n) is 3.08. The summed E-state index contributed by atoms with van der Waals surface area (Å²) in [4.78, 5) is 0. The van der Waals surface area contributed by atoms with Gasteiger partial charge in [-0.1, -0.05) is 0 Å². The van der Waals surface area contributed by atoms with E-state index in [1.165, 1.54) is 4.40 Å². The van der Waals surface area contributed by atoms with Crippen LogP contribution in [0.5, 0.6) is 0 Å². The van der Waals surface area contributed by atoms with Crippen LogP contribution < -0.4 is 4.40 Å². The average molecular weight is 441 g/mol. The summed E-state index contributed by atoms with van der Waals surface area (Å²) in [6, 6.07) is 10.7. The molecule has 0 unspecified atom stereocenters. The van der Waals surface area contributed by atoms with Gasteiger partial charge < -0.3 is 0 Å². The quantitative estimate of drug-likeness (QED) is 0.442. The third-order valence-corrected chi connectivity index (χ3v) is 12.9. The Kier molecular flexibility index (Phi) is 7.25. The summed E-state index contributed by atoms with van der Waals surface area (Å²) in [5.41, 5.74) is 10.9. The standard InChI is InChI=1S/C21H32GeSi3/c1-23(2,3)18-15-22(16-19-24(4,5)6,17-20-25(7,8)9)21-13-11-10-12-14-21/h10-14H,1-9H3. The van der Waals surface area contributed by atoms with Crippen LogP contribution in [0, 0.1) is 30.9 Å². The first kappa shape index (κ1) is 22.1. The van der Waals surface area contributed by atoms with E-state index in [9.17, 15) is 0 Å². The fourth-order valence-corrected chi connectivity index (χ4v) is 16.9. The molecule has 0 bridgehead atoms. The van der Waals surface area contributed by atoms with Crippen LogP contribution in [0.15, 0.2) is 30.3 Å². The Morgan fingerprint density at radius 3 is 1.16 bits per heavy atom. The van der Waals surface area contributed by atoms with E-state index in [2.05, 4.69) is 120 Å². The minimum absolute atomic E-state index is 1.30. The van der Waals surface area contributed by atoms with Crippen molar-refractivity contribution in [2.75, 3.05) is 0 Å². The minimum atomic E-state index is -3.12. The first-order valence-electron chi connectivity index (χ1n) is 8.91. The van der Waals surface area contributed by atoms with E-state index < -0.39 is 37.5 Å². The van der Waals surface area contributed by atoms with Crippen molar-refractivity contribution in [3.05, 3.63) is 30.3 Å². The van der Waals surface area contributed by atoms with Crippen molar-refractivity contribution in [3.8, 4) is 30.9 Å². The summed E-state index contributed by atoms with van der Waals surface area (Å²) in [7, 11) is -4.43. The van der Waals surface area contributed by atoms with Crippen LogP contribution in [0.1, 0.15) is 0 Å². The molecule has 0 radical (unpaired) electrons. The van der Waals surface area contributed by atoms with Crippen LogP contribution in [0.3, 0.4) is 0 Å². The van der Waals surface area contributed by atoms with Crippen molar-refractivity contribution in [2.24, 2.45) is 0 Å². The Balaban J connectivity index is 3.76. The van der Waals surface area contributed by atoms with Gasteiger partial charge in [0.15, 0.2) is 0 Å². The van der Waals surface area contributed by atoms with Crippen LogP contribution in [-0.4, -0.2) is 37.5 Å². The molecule has 0 aromatic heterocycles. The van der Waals surface area contributed by atoms with E-state index in [-0.39, 0.29) is 0 Å². The first-order chi connectivity index (χ1) is 11.2. The zero-order valence-electron chi connectivity index (χ0n) is 17.4. The Bertz CT molecular complexity index is 693. The SMILES string of the molecule is C[Si](C)(C)C#[C][Ge]([C]#C[Si](C)(C)C)([C]#C[Si](C)(C)C)[c]1ccccc1. The monoisotopic (exact) mass is 442 g/mol. The molecule has 0 heterocycles. The van der Waals surface area contributed by atoms with E-state index in [1.54, 1.807) is 0 Å². The topological polar surface area (TPSA) is 0 Å². The second kappa shape index (κ2) is 8.19. The summed E-state index contributed by atoms with van der Waals surface area (Å²) in [5, 5.41) is 0.